The van der Waals surface area contributed by atoms with Gasteiger partial charge in [0.25, 0.3) is 0 Å². The van der Waals surface area contributed by atoms with E-state index >= 15 is 0 Å². The lowest BCUT2D eigenvalue weighted by Crippen LogP contribution is -2.30. The van der Waals surface area contributed by atoms with E-state index in [-0.39, 0.29) is 25.7 Å². The third-order valence-electron chi connectivity index (χ3n) is 20.1. The van der Waals surface area contributed by atoms with Gasteiger partial charge in [0.1, 0.15) is 19.3 Å². The molecule has 0 aromatic rings. The number of aliphatic hydroxyl groups is 1. The van der Waals surface area contributed by atoms with Gasteiger partial charge in [-0.25, -0.2) is 9.13 Å². The van der Waals surface area contributed by atoms with Gasteiger partial charge < -0.3 is 33.8 Å². The van der Waals surface area contributed by atoms with Crippen LogP contribution in [0.15, 0.2) is 0 Å². The highest BCUT2D eigenvalue weighted by Crippen LogP contribution is 2.45. The van der Waals surface area contributed by atoms with Crippen molar-refractivity contribution < 1.29 is 80.2 Å². The summed E-state index contributed by atoms with van der Waals surface area (Å²) in [5, 5.41) is 10.7. The lowest BCUT2D eigenvalue weighted by atomic mass is 9.99. The number of hydrogen-bond acceptors (Lipinski definition) is 15. The van der Waals surface area contributed by atoms with Gasteiger partial charge in [-0.15, -0.1) is 0 Å². The Hall–Kier alpha value is -1.94. The summed E-state index contributed by atoms with van der Waals surface area (Å²) in [5.74, 6) is -0.519. The quantitative estimate of drug-likeness (QED) is 0.0222. The van der Waals surface area contributed by atoms with Crippen molar-refractivity contribution in [2.75, 3.05) is 39.6 Å². The van der Waals surface area contributed by atoms with Crippen molar-refractivity contribution in [2.24, 2.45) is 11.8 Å². The first-order chi connectivity index (χ1) is 49.9. The molecule has 0 heterocycles. The largest absolute Gasteiger partial charge is 0.472 e. The van der Waals surface area contributed by atoms with Crippen molar-refractivity contribution >= 4 is 39.5 Å². The minimum absolute atomic E-state index is 0.107. The minimum atomic E-state index is -4.96. The first kappa shape index (κ1) is 101. The Balaban J connectivity index is 5.25. The van der Waals surface area contributed by atoms with Crippen LogP contribution in [0.2, 0.25) is 0 Å². The number of unbranched alkanes of at least 4 members (excludes halogenated alkanes) is 52. The number of rotatable bonds is 83. The van der Waals surface area contributed by atoms with Crippen molar-refractivity contribution in [2.45, 2.75) is 464 Å². The average Bonchev–Trinajstić information content (AvgIpc) is 0.911. The number of ether oxygens (including phenoxy) is 4. The van der Waals surface area contributed by atoms with Crippen molar-refractivity contribution in [3.63, 3.8) is 0 Å². The van der Waals surface area contributed by atoms with Crippen LogP contribution < -0.4 is 0 Å². The van der Waals surface area contributed by atoms with Gasteiger partial charge in [0.15, 0.2) is 12.2 Å². The molecule has 0 aliphatic carbocycles. The second-order valence-electron chi connectivity index (χ2n) is 30.9. The summed E-state index contributed by atoms with van der Waals surface area (Å²) in [5.41, 5.74) is 0. The zero-order valence-corrected chi connectivity index (χ0v) is 69.4. The lowest BCUT2D eigenvalue weighted by molar-refractivity contribution is -0.161. The molecular weight excluding hydrogens is 1340 g/mol. The van der Waals surface area contributed by atoms with Gasteiger partial charge in [-0.1, -0.05) is 395 Å². The summed E-state index contributed by atoms with van der Waals surface area (Å²) >= 11 is 0. The van der Waals surface area contributed by atoms with Crippen molar-refractivity contribution in [3.8, 4) is 0 Å². The van der Waals surface area contributed by atoms with Crippen LogP contribution in [0, 0.1) is 11.8 Å². The maximum Gasteiger partial charge on any atom is 0.472 e. The van der Waals surface area contributed by atoms with Crippen LogP contribution in [-0.2, 0) is 65.4 Å². The van der Waals surface area contributed by atoms with Gasteiger partial charge in [-0.2, -0.15) is 0 Å². The second kappa shape index (κ2) is 75.5. The van der Waals surface area contributed by atoms with Crippen LogP contribution in [-0.4, -0.2) is 96.7 Å². The van der Waals surface area contributed by atoms with Gasteiger partial charge in [0.05, 0.1) is 26.4 Å². The molecule has 0 rings (SSSR count). The maximum atomic E-state index is 13.1. The van der Waals surface area contributed by atoms with Crippen LogP contribution in [0.4, 0.5) is 0 Å². The van der Waals surface area contributed by atoms with Gasteiger partial charge in [-0.05, 0) is 37.5 Å². The molecule has 0 aliphatic rings. The normalized spacial score (nSPS) is 14.1. The van der Waals surface area contributed by atoms with E-state index in [1.54, 1.807) is 0 Å². The van der Waals surface area contributed by atoms with Crippen molar-refractivity contribution in [3.05, 3.63) is 0 Å². The fourth-order valence-electron chi connectivity index (χ4n) is 13.0. The summed E-state index contributed by atoms with van der Waals surface area (Å²) < 4.78 is 68.9. The van der Waals surface area contributed by atoms with E-state index in [1.807, 2.05) is 0 Å². The third-order valence-corrected chi connectivity index (χ3v) is 22.0. The summed E-state index contributed by atoms with van der Waals surface area (Å²) in [6.07, 6.45) is 66.5. The van der Waals surface area contributed by atoms with Crippen LogP contribution in [0.25, 0.3) is 0 Å². The fourth-order valence-corrected chi connectivity index (χ4v) is 14.6. The summed E-state index contributed by atoms with van der Waals surface area (Å²) in [7, 11) is -9.93. The van der Waals surface area contributed by atoms with Crippen LogP contribution in [0.3, 0.4) is 0 Å². The number of phosphoric acid groups is 2. The number of aliphatic hydroxyl groups excluding tert-OH is 1. The molecule has 0 radical (unpaired) electrons. The van der Waals surface area contributed by atoms with Crippen LogP contribution in [0.5, 0.6) is 0 Å². The molecule has 0 aliphatic heterocycles. The Morgan fingerprint density at radius 2 is 0.495 bits per heavy atom. The molecule has 612 valence electrons. The van der Waals surface area contributed by atoms with Crippen LogP contribution in [0.1, 0.15) is 446 Å². The average molecular weight is 1510 g/mol. The molecule has 0 fully saturated rings. The van der Waals surface area contributed by atoms with Crippen LogP contribution >= 0.6 is 15.6 Å². The van der Waals surface area contributed by atoms with Crippen molar-refractivity contribution in [1.82, 2.24) is 0 Å². The Labute approximate surface area is 632 Å². The molecule has 0 spiro atoms. The zero-order chi connectivity index (χ0) is 75.6. The van der Waals surface area contributed by atoms with Gasteiger partial charge >= 0.3 is 39.5 Å². The molecule has 3 unspecified atom stereocenters. The van der Waals surface area contributed by atoms with Crippen molar-refractivity contribution in [1.29, 1.82) is 0 Å². The Morgan fingerprint density at radius 1 is 0.282 bits per heavy atom. The first-order valence-electron chi connectivity index (χ1n) is 43.5. The highest BCUT2D eigenvalue weighted by atomic mass is 31.2. The van der Waals surface area contributed by atoms with E-state index in [1.165, 1.54) is 263 Å². The lowest BCUT2D eigenvalue weighted by Gasteiger charge is -2.21. The molecule has 6 atom stereocenters. The van der Waals surface area contributed by atoms with E-state index in [2.05, 4.69) is 41.5 Å². The zero-order valence-electron chi connectivity index (χ0n) is 67.6. The molecular formula is C84H164O17P2. The van der Waals surface area contributed by atoms with Gasteiger partial charge in [-0.3, -0.25) is 37.3 Å². The summed E-state index contributed by atoms with van der Waals surface area (Å²) in [4.78, 5) is 73.2. The smallest absolute Gasteiger partial charge is 0.462 e. The molecule has 0 amide bonds. The minimum Gasteiger partial charge on any atom is -0.462 e. The Kier molecular flexibility index (Phi) is 74.1. The predicted octanol–water partition coefficient (Wildman–Crippen LogP) is 25.5. The SMILES string of the molecule is CCCCCCCCCCCCCCCCCCCCCCCC(=O)O[C@H](COC(=O)CCCCCCCCCCCCCCC(C)C)COP(=O)(O)OC[C@@H](O)COP(=O)(O)OC[C@@H](COC(=O)CCCCCCCCCCCCCCC)OC(=O)CCCCCCCCCCCCC(C)CC. The van der Waals surface area contributed by atoms with E-state index in [0.29, 0.717) is 25.7 Å². The van der Waals surface area contributed by atoms with E-state index in [4.69, 9.17) is 37.0 Å². The highest BCUT2D eigenvalue weighted by molar-refractivity contribution is 7.47. The summed E-state index contributed by atoms with van der Waals surface area (Å²) in [6, 6.07) is 0. The molecule has 0 saturated heterocycles. The number of esters is 4. The fraction of sp³-hybridized carbons (Fsp3) is 0.952. The molecule has 0 aromatic carbocycles. The molecule has 103 heavy (non-hydrogen) atoms. The third kappa shape index (κ3) is 76.6. The summed E-state index contributed by atoms with van der Waals surface area (Å²) in [6.45, 7) is 9.69. The Bertz CT molecular complexity index is 1980. The maximum absolute atomic E-state index is 13.1. The highest BCUT2D eigenvalue weighted by Gasteiger charge is 2.30. The van der Waals surface area contributed by atoms with E-state index in [0.717, 1.165) is 102 Å². The molecule has 3 N–H and O–H groups in total. The molecule has 19 heteroatoms. The predicted molar refractivity (Wildman–Crippen MR) is 423 cm³/mol. The van der Waals surface area contributed by atoms with E-state index < -0.39 is 97.5 Å². The molecule has 0 aromatic heterocycles. The Morgan fingerprint density at radius 3 is 0.738 bits per heavy atom. The monoisotopic (exact) mass is 1510 g/mol. The second-order valence-corrected chi connectivity index (χ2v) is 33.8. The standard InChI is InChI=1S/C84H164O17P2/c1-7-10-12-14-16-18-20-22-23-24-25-26-27-28-29-31-37-44-50-56-62-68-83(88)100-79(72-95-82(87)67-61-55-49-43-36-33-32-34-40-46-52-58-64-76(4)5)74-98-102(90,91)96-70-78(85)71-97-103(92,93)99-75-80(73-94-81(86)66-60-54-48-42-35-30-21-19-17-15-13-11-8-2)101-84(89)69-63-57-51-45-39-38-41-47-53-59-65-77(6)9-3/h76-80,85H,7-75H2,1-6H3,(H,90,91)(H,92,93)/t77?,78-,79-,80-/m1/s1. The number of carbonyl (C=O) groups excluding carboxylic acids is 4. The van der Waals surface area contributed by atoms with E-state index in [9.17, 15) is 43.2 Å². The number of phosphoric ester groups is 2. The number of carbonyl (C=O) groups is 4. The van der Waals surface area contributed by atoms with Gasteiger partial charge in [0.2, 0.25) is 0 Å². The topological polar surface area (TPSA) is 237 Å². The molecule has 0 saturated carbocycles. The van der Waals surface area contributed by atoms with Gasteiger partial charge in [0, 0.05) is 25.7 Å². The number of hydrogen-bond donors (Lipinski definition) is 3. The molecule has 0 bridgehead atoms. The molecule has 17 nitrogen and oxygen atoms in total. The first-order valence-corrected chi connectivity index (χ1v) is 46.5.